The van der Waals surface area contributed by atoms with E-state index in [-0.39, 0.29) is 26.3 Å². The van der Waals surface area contributed by atoms with Crippen molar-refractivity contribution in [1.29, 1.82) is 0 Å². The van der Waals surface area contributed by atoms with Crippen molar-refractivity contribution in [3.8, 4) is 0 Å². The smallest absolute Gasteiger partial charge is 0.160 e. The van der Waals surface area contributed by atoms with Gasteiger partial charge in [0.1, 0.15) is 13.1 Å². The minimum absolute atomic E-state index is 0.0481. The Morgan fingerprint density at radius 2 is 1.05 bits per heavy atom. The minimum atomic E-state index is -1.75. The van der Waals surface area contributed by atoms with Gasteiger partial charge in [-0.1, -0.05) is 0 Å². The number of hydrogen-bond donors (Lipinski definition) is 2. The van der Waals surface area contributed by atoms with Crippen LogP contribution < -0.4 is 0 Å². The van der Waals surface area contributed by atoms with Gasteiger partial charge in [0.05, 0.1) is 23.4 Å². The molecule has 124 valence electrons. The van der Waals surface area contributed by atoms with Crippen molar-refractivity contribution in [2.24, 2.45) is 0 Å². The van der Waals surface area contributed by atoms with Crippen LogP contribution in [0.25, 0.3) is 16.0 Å². The van der Waals surface area contributed by atoms with Crippen molar-refractivity contribution in [2.75, 3.05) is 26.3 Å². The van der Waals surface area contributed by atoms with Crippen LogP contribution in [-0.2, 0) is 0 Å². The summed E-state index contributed by atoms with van der Waals surface area (Å²) in [5.74, 6) is 0. The highest BCUT2D eigenvalue weighted by atomic mass is 16.9. The zero-order chi connectivity index (χ0) is 17.8. The van der Waals surface area contributed by atoms with E-state index in [1.54, 1.807) is 0 Å². The lowest BCUT2D eigenvalue weighted by molar-refractivity contribution is -0.656. The fourth-order valence-corrected chi connectivity index (χ4v) is 0.506. The topological polar surface area (TPSA) is 278 Å². The number of aliphatic hydroxyl groups excluding tert-OH is 2. The summed E-state index contributed by atoms with van der Waals surface area (Å²) in [5, 5.41) is 56.2. The molecule has 0 aliphatic carbocycles. The van der Waals surface area contributed by atoms with Crippen LogP contribution in [0, 0.1) is 40.8 Å². The van der Waals surface area contributed by atoms with Gasteiger partial charge in [0, 0.05) is 0 Å². The molecule has 2 N–H and O–H groups in total. The van der Waals surface area contributed by atoms with Crippen molar-refractivity contribution in [3.63, 3.8) is 0 Å². The second-order valence-corrected chi connectivity index (χ2v) is 2.18. The zero-order valence-corrected chi connectivity index (χ0v) is 10.1. The van der Waals surface area contributed by atoms with Gasteiger partial charge in [-0.3, -0.25) is 4.91 Å². The van der Waals surface area contributed by atoms with Crippen molar-refractivity contribution < 1.29 is 25.4 Å². The molecule has 0 atom stereocenters. The van der Waals surface area contributed by atoms with Crippen LogP contribution >= 0.6 is 0 Å². The van der Waals surface area contributed by atoms with Crippen LogP contribution in [0.5, 0.6) is 0 Å². The Morgan fingerprint density at radius 1 is 0.857 bits per heavy atom. The molecule has 0 aromatic carbocycles. The Morgan fingerprint density at radius 3 is 1.14 bits per heavy atom. The first-order chi connectivity index (χ1) is 9.60. The summed E-state index contributed by atoms with van der Waals surface area (Å²) in [5.41, 5.74) is 13.5. The third-order valence-corrected chi connectivity index (χ3v) is 0.947. The van der Waals surface area contributed by atoms with Gasteiger partial charge in [0.15, 0.2) is 5.03 Å². The van der Waals surface area contributed by atoms with E-state index >= 15 is 0 Å². The first-order valence-electron chi connectivity index (χ1n) is 4.33. The molecule has 0 amide bonds. The molecular formula is C4H10N7O10-3. The van der Waals surface area contributed by atoms with Crippen LogP contribution in [0.3, 0.4) is 0 Å². The van der Waals surface area contributed by atoms with Gasteiger partial charge in [-0.15, -0.1) is 5.01 Å². The third kappa shape index (κ3) is 79.3. The number of hydrogen-bond acceptors (Lipinski definition) is 10. The number of nitro groups is 1. The van der Waals surface area contributed by atoms with Crippen LogP contribution in [0.2, 0.25) is 0 Å². The predicted octanol–water partition coefficient (Wildman–Crippen LogP) is -1.15. The van der Waals surface area contributed by atoms with Crippen LogP contribution in [0.15, 0.2) is 0 Å². The molecule has 17 nitrogen and oxygen atoms in total. The first kappa shape index (κ1) is 26.4. The first-order valence-corrected chi connectivity index (χ1v) is 4.33. The van der Waals surface area contributed by atoms with Gasteiger partial charge in [-0.25, -0.2) is 10.1 Å². The van der Waals surface area contributed by atoms with E-state index < -0.39 is 15.2 Å². The Hall–Kier alpha value is -3.17. The fraction of sp³-hybridized carbons (Fsp3) is 1.00. The summed E-state index contributed by atoms with van der Waals surface area (Å²) in [6.07, 6.45) is 0. The Bertz CT molecular complexity index is 291. The Labute approximate surface area is 115 Å². The van der Waals surface area contributed by atoms with E-state index in [0.29, 0.717) is 0 Å². The van der Waals surface area contributed by atoms with Gasteiger partial charge in [0.25, 0.3) is 0 Å². The molecule has 17 heteroatoms. The minimum Gasteiger partial charge on any atom is -0.394 e. The van der Waals surface area contributed by atoms with Gasteiger partial charge < -0.3 is 51.9 Å². The molecule has 0 aliphatic heterocycles. The van der Waals surface area contributed by atoms with E-state index in [4.69, 9.17) is 51.9 Å². The number of aliphatic hydroxyl groups is 2. The zero-order valence-electron chi connectivity index (χ0n) is 10.1. The highest BCUT2D eigenvalue weighted by Gasteiger charge is 2.10. The maximum absolute atomic E-state index is 9.99. The molecule has 0 aliphatic rings. The van der Waals surface area contributed by atoms with E-state index in [2.05, 4.69) is 0 Å². The average molecular weight is 316 g/mol. The molecule has 0 heterocycles. The Balaban J connectivity index is -0.000000109. The highest BCUT2D eigenvalue weighted by molar-refractivity contribution is 4.40. The SMILES string of the molecule is O=[N+]([O-])N(CCO)CCO.O=[N+]([O-])[O-].O=[N+]([O-])[O-].[N-]=[N+]=[N-]. The number of nitrogens with zero attached hydrogens (tertiary/aromatic N) is 7. The van der Waals surface area contributed by atoms with Crippen molar-refractivity contribution in [1.82, 2.24) is 5.01 Å². The van der Waals surface area contributed by atoms with E-state index in [1.807, 2.05) is 0 Å². The molecule has 0 bridgehead atoms. The monoisotopic (exact) mass is 316 g/mol. The molecular weight excluding hydrogens is 306 g/mol. The van der Waals surface area contributed by atoms with E-state index in [9.17, 15) is 10.1 Å². The highest BCUT2D eigenvalue weighted by Crippen LogP contribution is 1.85. The molecule has 21 heavy (non-hydrogen) atoms. The largest absolute Gasteiger partial charge is 0.394 e. The summed E-state index contributed by atoms with van der Waals surface area (Å²) in [6.45, 7) is -0.650. The predicted molar refractivity (Wildman–Crippen MR) is 63.5 cm³/mol. The van der Waals surface area contributed by atoms with Crippen LogP contribution in [0.1, 0.15) is 0 Å². The number of hydrazine groups is 1. The second kappa shape index (κ2) is 22.0. The molecule has 0 aromatic rings. The lowest BCUT2D eigenvalue weighted by atomic mass is 10.6. The molecule has 0 rings (SSSR count). The third-order valence-electron chi connectivity index (χ3n) is 0.947. The standard InChI is InChI=1S/C4H10N2O4.N3.2NO3/c7-3-1-5(2-4-8)6(9)10;1-3-2;2*2-1(3)4/h7-8H,1-4H2;;;/q;3*-1. The van der Waals surface area contributed by atoms with E-state index in [1.165, 1.54) is 4.91 Å². The molecule has 0 aromatic heterocycles. The Kier molecular flexibility index (Phi) is 27.7. The summed E-state index contributed by atoms with van der Waals surface area (Å²) < 4.78 is 0. The van der Waals surface area contributed by atoms with Crippen molar-refractivity contribution >= 4 is 0 Å². The summed E-state index contributed by atoms with van der Waals surface area (Å²) in [6, 6.07) is 0. The van der Waals surface area contributed by atoms with Crippen LogP contribution in [-0.4, -0.2) is 56.7 Å². The quantitative estimate of drug-likeness (QED) is 0.200. The summed E-state index contributed by atoms with van der Waals surface area (Å²) in [4.78, 5) is 28.0. The summed E-state index contributed by atoms with van der Waals surface area (Å²) >= 11 is 0. The normalized spacial score (nSPS) is 7.14. The van der Waals surface area contributed by atoms with Crippen molar-refractivity contribution in [2.45, 2.75) is 0 Å². The lowest BCUT2D eigenvalue weighted by Gasteiger charge is -2.09. The average Bonchev–Trinajstić information content (AvgIpc) is 2.28. The molecule has 0 saturated carbocycles. The molecule has 0 unspecified atom stereocenters. The van der Waals surface area contributed by atoms with Gasteiger partial charge >= 0.3 is 0 Å². The fourth-order valence-electron chi connectivity index (χ4n) is 0.506. The van der Waals surface area contributed by atoms with E-state index in [0.717, 1.165) is 5.01 Å². The van der Waals surface area contributed by atoms with Gasteiger partial charge in [-0.05, 0) is 0 Å². The van der Waals surface area contributed by atoms with Gasteiger partial charge in [0.2, 0.25) is 0 Å². The maximum Gasteiger partial charge on any atom is 0.160 e. The molecule has 0 fully saturated rings. The second-order valence-electron chi connectivity index (χ2n) is 2.18. The lowest BCUT2D eigenvalue weighted by Crippen LogP contribution is -2.34. The van der Waals surface area contributed by atoms with Crippen molar-refractivity contribution in [3.05, 3.63) is 56.7 Å². The van der Waals surface area contributed by atoms with Gasteiger partial charge in [-0.2, -0.15) is 0 Å². The number of rotatable bonds is 5. The molecule has 0 radical (unpaired) electrons. The maximum atomic E-state index is 9.99. The van der Waals surface area contributed by atoms with Crippen LogP contribution in [0.4, 0.5) is 0 Å². The molecule has 0 saturated heterocycles. The summed E-state index contributed by atoms with van der Waals surface area (Å²) in [7, 11) is 0. The molecule has 0 spiro atoms.